The maximum Gasteiger partial charge on any atom is 0.224 e. The maximum atomic E-state index is 12.1. The zero-order chi connectivity index (χ0) is 19.1. The molecule has 0 fully saturated rings. The lowest BCUT2D eigenvalue weighted by Gasteiger charge is -2.11. The lowest BCUT2D eigenvalue weighted by atomic mass is 10.1. The second kappa shape index (κ2) is 9.18. The molecule has 4 nitrogen and oxygen atoms in total. The summed E-state index contributed by atoms with van der Waals surface area (Å²) in [5.41, 5.74) is 6.23. The molecule has 4 heteroatoms. The minimum atomic E-state index is -0.00589. The van der Waals surface area contributed by atoms with E-state index in [9.17, 15) is 9.59 Å². The van der Waals surface area contributed by atoms with Crippen molar-refractivity contribution in [1.82, 2.24) is 0 Å². The van der Waals surface area contributed by atoms with E-state index in [0.717, 1.165) is 33.6 Å². The Morgan fingerprint density at radius 3 is 1.46 bits per heavy atom. The lowest BCUT2D eigenvalue weighted by molar-refractivity contribution is -0.118. The highest BCUT2D eigenvalue weighted by atomic mass is 16.2. The molecule has 2 aromatic carbocycles. The van der Waals surface area contributed by atoms with E-state index in [1.165, 1.54) is 0 Å². The van der Waals surface area contributed by atoms with Crippen LogP contribution in [-0.2, 0) is 9.59 Å². The summed E-state index contributed by atoms with van der Waals surface area (Å²) in [5.74, 6) is -0.0118. The van der Waals surface area contributed by atoms with E-state index < -0.39 is 0 Å². The van der Waals surface area contributed by atoms with Crippen LogP contribution in [0.5, 0.6) is 0 Å². The standard InChI is InChI=1S/C22H28N2O2/c1-15-9-7-11-19(17(15)3)23-21(25)13-5-6-14-22(26)24-20-12-8-10-16(2)18(20)4/h7-12H,5-6,13-14H2,1-4H3,(H,23,25)(H,24,26). The quantitative estimate of drug-likeness (QED) is 0.684. The molecule has 0 saturated heterocycles. The van der Waals surface area contributed by atoms with Gasteiger partial charge in [0.25, 0.3) is 0 Å². The van der Waals surface area contributed by atoms with Gasteiger partial charge in [-0.2, -0.15) is 0 Å². The summed E-state index contributed by atoms with van der Waals surface area (Å²) in [6, 6.07) is 11.8. The van der Waals surface area contributed by atoms with Crippen LogP contribution < -0.4 is 10.6 Å². The molecule has 0 heterocycles. The number of hydrogen-bond acceptors (Lipinski definition) is 2. The van der Waals surface area contributed by atoms with Gasteiger partial charge in [0.15, 0.2) is 0 Å². The summed E-state index contributed by atoms with van der Waals surface area (Å²) < 4.78 is 0. The van der Waals surface area contributed by atoms with Gasteiger partial charge in [-0.3, -0.25) is 9.59 Å². The molecule has 0 spiro atoms. The Morgan fingerprint density at radius 2 is 1.08 bits per heavy atom. The Morgan fingerprint density at radius 1 is 0.692 bits per heavy atom. The molecule has 0 unspecified atom stereocenters. The van der Waals surface area contributed by atoms with E-state index >= 15 is 0 Å². The predicted molar refractivity (Wildman–Crippen MR) is 108 cm³/mol. The molecular weight excluding hydrogens is 324 g/mol. The van der Waals surface area contributed by atoms with Gasteiger partial charge in [0.1, 0.15) is 0 Å². The van der Waals surface area contributed by atoms with Gasteiger partial charge < -0.3 is 10.6 Å². The highest BCUT2D eigenvalue weighted by Crippen LogP contribution is 2.19. The number of anilines is 2. The average molecular weight is 352 g/mol. The third kappa shape index (κ3) is 5.45. The number of amides is 2. The highest BCUT2D eigenvalue weighted by Gasteiger charge is 2.08. The zero-order valence-electron chi connectivity index (χ0n) is 16.1. The third-order valence-corrected chi connectivity index (χ3v) is 4.82. The molecule has 138 valence electrons. The Hall–Kier alpha value is -2.62. The van der Waals surface area contributed by atoms with Crippen LogP contribution in [0.4, 0.5) is 11.4 Å². The first-order valence-electron chi connectivity index (χ1n) is 9.10. The maximum absolute atomic E-state index is 12.1. The number of carbonyl (C=O) groups excluding carboxylic acids is 2. The van der Waals surface area contributed by atoms with E-state index in [1.807, 2.05) is 64.1 Å². The van der Waals surface area contributed by atoms with Gasteiger partial charge in [0.2, 0.25) is 11.8 Å². The number of benzene rings is 2. The predicted octanol–water partition coefficient (Wildman–Crippen LogP) is 5.06. The lowest BCUT2D eigenvalue weighted by Crippen LogP contribution is -2.14. The van der Waals surface area contributed by atoms with Crippen LogP contribution in [-0.4, -0.2) is 11.8 Å². The first-order chi connectivity index (χ1) is 12.4. The van der Waals surface area contributed by atoms with Gasteiger partial charge in [0, 0.05) is 24.2 Å². The van der Waals surface area contributed by atoms with Gasteiger partial charge in [-0.15, -0.1) is 0 Å². The fourth-order valence-corrected chi connectivity index (χ4v) is 2.77. The smallest absolute Gasteiger partial charge is 0.224 e. The number of hydrogen-bond donors (Lipinski definition) is 2. The van der Waals surface area contributed by atoms with E-state index in [0.29, 0.717) is 25.7 Å². The first kappa shape index (κ1) is 19.7. The molecule has 0 bridgehead atoms. The molecule has 0 atom stereocenters. The summed E-state index contributed by atoms with van der Waals surface area (Å²) in [6.45, 7) is 8.06. The second-order valence-corrected chi connectivity index (χ2v) is 6.80. The molecule has 0 saturated carbocycles. The number of unbranched alkanes of at least 4 members (excludes halogenated alkanes) is 1. The van der Waals surface area contributed by atoms with Gasteiger partial charge >= 0.3 is 0 Å². The summed E-state index contributed by atoms with van der Waals surface area (Å²) in [4.78, 5) is 24.2. The largest absolute Gasteiger partial charge is 0.326 e. The third-order valence-electron chi connectivity index (χ3n) is 4.82. The minimum absolute atomic E-state index is 0.00589. The Bertz CT molecular complexity index is 729. The van der Waals surface area contributed by atoms with Crippen molar-refractivity contribution in [3.8, 4) is 0 Å². The van der Waals surface area contributed by atoms with E-state index in [1.54, 1.807) is 0 Å². The van der Waals surface area contributed by atoms with Gasteiger partial charge in [-0.05, 0) is 74.9 Å². The van der Waals surface area contributed by atoms with Crippen LogP contribution in [0.15, 0.2) is 36.4 Å². The molecular formula is C22H28N2O2. The molecule has 2 rings (SSSR count). The SMILES string of the molecule is Cc1cccc(NC(=O)CCCCC(=O)Nc2cccc(C)c2C)c1C. The van der Waals surface area contributed by atoms with Crippen LogP contribution in [0.3, 0.4) is 0 Å². The van der Waals surface area contributed by atoms with Crippen molar-refractivity contribution >= 4 is 23.2 Å². The van der Waals surface area contributed by atoms with Crippen LogP contribution in [0.2, 0.25) is 0 Å². The van der Waals surface area contributed by atoms with E-state index in [4.69, 9.17) is 0 Å². The van der Waals surface area contributed by atoms with Crippen molar-refractivity contribution in [2.24, 2.45) is 0 Å². The number of rotatable bonds is 7. The number of nitrogens with one attached hydrogen (secondary N) is 2. The fourth-order valence-electron chi connectivity index (χ4n) is 2.77. The van der Waals surface area contributed by atoms with Crippen molar-refractivity contribution in [3.63, 3.8) is 0 Å². The fraction of sp³-hybridized carbons (Fsp3) is 0.364. The molecule has 0 aliphatic carbocycles. The van der Waals surface area contributed by atoms with Crippen molar-refractivity contribution in [2.75, 3.05) is 10.6 Å². The van der Waals surface area contributed by atoms with Crippen molar-refractivity contribution in [1.29, 1.82) is 0 Å². The molecule has 0 radical (unpaired) electrons. The molecule has 2 N–H and O–H groups in total. The number of carbonyl (C=O) groups is 2. The zero-order valence-corrected chi connectivity index (χ0v) is 16.1. The number of aryl methyl sites for hydroxylation is 2. The summed E-state index contributed by atoms with van der Waals surface area (Å²) in [6.07, 6.45) is 2.22. The van der Waals surface area contributed by atoms with Gasteiger partial charge in [0.05, 0.1) is 0 Å². The van der Waals surface area contributed by atoms with Crippen molar-refractivity contribution < 1.29 is 9.59 Å². The summed E-state index contributed by atoms with van der Waals surface area (Å²) >= 11 is 0. The monoisotopic (exact) mass is 352 g/mol. The minimum Gasteiger partial charge on any atom is -0.326 e. The first-order valence-corrected chi connectivity index (χ1v) is 9.10. The van der Waals surface area contributed by atoms with E-state index in [-0.39, 0.29) is 11.8 Å². The highest BCUT2D eigenvalue weighted by molar-refractivity contribution is 5.92. The normalized spacial score (nSPS) is 10.5. The van der Waals surface area contributed by atoms with Gasteiger partial charge in [-0.1, -0.05) is 24.3 Å². The molecule has 26 heavy (non-hydrogen) atoms. The van der Waals surface area contributed by atoms with Crippen LogP contribution in [0, 0.1) is 27.7 Å². The molecule has 2 aromatic rings. The van der Waals surface area contributed by atoms with Crippen LogP contribution >= 0.6 is 0 Å². The molecule has 0 aliphatic heterocycles. The Balaban J connectivity index is 1.72. The van der Waals surface area contributed by atoms with Gasteiger partial charge in [-0.25, -0.2) is 0 Å². The molecule has 0 aromatic heterocycles. The topological polar surface area (TPSA) is 58.2 Å². The second-order valence-electron chi connectivity index (χ2n) is 6.80. The summed E-state index contributed by atoms with van der Waals surface area (Å²) in [5, 5.41) is 5.91. The Labute approximate surface area is 156 Å². The van der Waals surface area contributed by atoms with Crippen molar-refractivity contribution in [2.45, 2.75) is 53.4 Å². The average Bonchev–Trinajstić information content (AvgIpc) is 2.60. The molecule has 0 aliphatic rings. The Kier molecular flexibility index (Phi) is 6.96. The summed E-state index contributed by atoms with van der Waals surface area (Å²) in [7, 11) is 0. The van der Waals surface area contributed by atoms with E-state index in [2.05, 4.69) is 10.6 Å². The molecule has 2 amide bonds. The van der Waals surface area contributed by atoms with Crippen molar-refractivity contribution in [3.05, 3.63) is 58.7 Å². The van der Waals surface area contributed by atoms with Crippen LogP contribution in [0.1, 0.15) is 47.9 Å². The van der Waals surface area contributed by atoms with Crippen LogP contribution in [0.25, 0.3) is 0 Å².